The Labute approximate surface area is 232 Å². The van der Waals surface area contributed by atoms with Gasteiger partial charge in [0.25, 0.3) is 0 Å². The lowest BCUT2D eigenvalue weighted by atomic mass is 10.0. The highest BCUT2D eigenvalue weighted by molar-refractivity contribution is 7.54. The van der Waals surface area contributed by atoms with E-state index in [9.17, 15) is 18.9 Å². The number of allylic oxidation sites excluding steroid dienone is 1. The van der Waals surface area contributed by atoms with Gasteiger partial charge in [0.2, 0.25) is 6.41 Å². The molecule has 0 saturated carbocycles. The number of carbonyl (C=O) groups is 3. The van der Waals surface area contributed by atoms with Crippen molar-refractivity contribution in [2.45, 2.75) is 91.6 Å². The zero-order valence-corrected chi connectivity index (χ0v) is 24.7. The summed E-state index contributed by atoms with van der Waals surface area (Å²) >= 11 is 0. The summed E-state index contributed by atoms with van der Waals surface area (Å²) in [5, 5.41) is 5.21. The highest BCUT2D eigenvalue weighted by Crippen LogP contribution is 2.52. The topological polar surface area (TPSA) is 129 Å². The molecule has 220 valence electrons. The van der Waals surface area contributed by atoms with Crippen LogP contribution in [0.3, 0.4) is 0 Å². The molecule has 1 rings (SSSR count). The van der Waals surface area contributed by atoms with E-state index >= 15 is 0 Å². The van der Waals surface area contributed by atoms with Crippen LogP contribution in [-0.2, 0) is 39.3 Å². The number of nitrogens with one attached hydrogen (secondary N) is 2. The van der Waals surface area contributed by atoms with Gasteiger partial charge in [0.1, 0.15) is 12.6 Å². The summed E-state index contributed by atoms with van der Waals surface area (Å²) in [7, 11) is -3.51. The first kappa shape index (κ1) is 34.3. The van der Waals surface area contributed by atoms with E-state index in [1.165, 1.54) is 0 Å². The van der Waals surface area contributed by atoms with Crippen LogP contribution in [0.25, 0.3) is 0 Å². The van der Waals surface area contributed by atoms with E-state index in [1.807, 2.05) is 30.3 Å². The summed E-state index contributed by atoms with van der Waals surface area (Å²) < 4.78 is 35.2. The number of carbonyl (C=O) groups excluding carboxylic acids is 3. The summed E-state index contributed by atoms with van der Waals surface area (Å²) in [4.78, 5) is 35.3. The third-order valence-corrected chi connectivity index (χ3v) is 7.52. The van der Waals surface area contributed by atoms with Crippen LogP contribution in [0.2, 0.25) is 0 Å². The Balaban J connectivity index is 2.67. The average Bonchev–Trinajstić information content (AvgIpc) is 2.86. The van der Waals surface area contributed by atoms with Crippen molar-refractivity contribution in [3.05, 3.63) is 47.5 Å². The van der Waals surface area contributed by atoms with Gasteiger partial charge >= 0.3 is 19.7 Å². The third-order valence-electron chi connectivity index (χ3n) is 5.24. The van der Waals surface area contributed by atoms with E-state index in [0.29, 0.717) is 24.9 Å². The van der Waals surface area contributed by atoms with Gasteiger partial charge in [-0.05, 0) is 59.4 Å². The highest BCUT2D eigenvalue weighted by Gasteiger charge is 2.30. The third kappa shape index (κ3) is 16.1. The number of alkyl carbamates (subject to hydrolysis) is 1. The van der Waals surface area contributed by atoms with E-state index in [1.54, 1.807) is 40.7 Å². The lowest BCUT2D eigenvalue weighted by Gasteiger charge is -2.24. The molecule has 0 aliphatic carbocycles. The van der Waals surface area contributed by atoms with Crippen LogP contribution in [0.5, 0.6) is 0 Å². The van der Waals surface area contributed by atoms with Crippen molar-refractivity contribution in [1.29, 1.82) is 0 Å². The lowest BCUT2D eigenvalue weighted by Crippen LogP contribution is -2.36. The molecular weight excluding hydrogens is 523 g/mol. The molecule has 0 fully saturated rings. The number of amides is 2. The van der Waals surface area contributed by atoms with Crippen molar-refractivity contribution in [2.24, 2.45) is 0 Å². The van der Waals surface area contributed by atoms with Crippen LogP contribution < -0.4 is 10.6 Å². The van der Waals surface area contributed by atoms with Crippen LogP contribution in [0.15, 0.2) is 42.0 Å². The Hall–Kier alpha value is -2.68. The van der Waals surface area contributed by atoms with Gasteiger partial charge in [-0.25, -0.2) is 9.59 Å². The van der Waals surface area contributed by atoms with Crippen LogP contribution in [0.4, 0.5) is 4.79 Å². The van der Waals surface area contributed by atoms with Crippen molar-refractivity contribution in [2.75, 3.05) is 19.3 Å². The molecule has 0 heterocycles. The molecule has 10 nitrogen and oxygen atoms in total. The van der Waals surface area contributed by atoms with E-state index < -0.39 is 25.7 Å². The van der Waals surface area contributed by atoms with Crippen LogP contribution in [0, 0.1) is 0 Å². The van der Waals surface area contributed by atoms with Gasteiger partial charge in [0, 0.05) is 6.54 Å². The minimum atomic E-state index is -3.51. The lowest BCUT2D eigenvalue weighted by molar-refractivity contribution is -0.145. The minimum absolute atomic E-state index is 0.00534. The maximum Gasteiger partial charge on any atom is 0.407 e. The molecule has 0 radical (unpaired) electrons. The average molecular weight is 569 g/mol. The van der Waals surface area contributed by atoms with Crippen molar-refractivity contribution in [3.8, 4) is 0 Å². The maximum absolute atomic E-state index is 13.5. The monoisotopic (exact) mass is 568 g/mol. The molecular formula is C28H45N2O8P. The number of hydrogen-bond donors (Lipinski definition) is 2. The summed E-state index contributed by atoms with van der Waals surface area (Å²) in [5.41, 5.74) is 1.60. The number of rotatable bonds is 20. The van der Waals surface area contributed by atoms with Crippen molar-refractivity contribution in [1.82, 2.24) is 10.6 Å². The van der Waals surface area contributed by atoms with Gasteiger partial charge in [0.05, 0.1) is 25.0 Å². The molecule has 0 aliphatic rings. The van der Waals surface area contributed by atoms with E-state index in [0.717, 1.165) is 31.2 Å². The second-order valence-corrected chi connectivity index (χ2v) is 11.5. The number of hydrogen-bond acceptors (Lipinski definition) is 8. The van der Waals surface area contributed by atoms with Crippen LogP contribution >= 0.6 is 7.60 Å². The summed E-state index contributed by atoms with van der Waals surface area (Å²) in [5.74, 6) is -0.600. The molecule has 1 unspecified atom stereocenters. The molecule has 0 aliphatic heterocycles. The standard InChI is InChI=1S/C28H45N2O8P/c1-6-35-27(32)26(30-21-31)18-25(20-39(34,37-22(2)3)38-23(4)5)16-10-7-8-13-17-29-28(33)36-19-24-14-11-9-12-15-24/h9,11-12,14-15,18,21-23,26H,6-8,10,13,16-17,19-20H2,1-5H3,(H,29,33)(H,30,31). The Morgan fingerprint density at radius 2 is 1.59 bits per heavy atom. The molecule has 0 aromatic heterocycles. The van der Waals surface area contributed by atoms with Crippen LogP contribution in [-0.4, -0.2) is 56.0 Å². The largest absolute Gasteiger partial charge is 0.464 e. The second kappa shape index (κ2) is 19.4. The molecule has 0 bridgehead atoms. The molecule has 2 amide bonds. The van der Waals surface area contributed by atoms with Gasteiger partial charge in [-0.2, -0.15) is 0 Å². The van der Waals surface area contributed by atoms with Crippen LogP contribution in [0.1, 0.15) is 72.3 Å². The zero-order chi connectivity index (χ0) is 29.1. The second-order valence-electron chi connectivity index (χ2n) is 9.57. The maximum atomic E-state index is 13.5. The Morgan fingerprint density at radius 3 is 2.18 bits per heavy atom. The smallest absolute Gasteiger partial charge is 0.407 e. The Bertz CT molecular complexity index is 923. The fraction of sp³-hybridized carbons (Fsp3) is 0.607. The minimum Gasteiger partial charge on any atom is -0.464 e. The predicted molar refractivity (Wildman–Crippen MR) is 150 cm³/mol. The van der Waals surface area contributed by atoms with E-state index in [2.05, 4.69) is 10.6 Å². The molecule has 1 aromatic rings. The summed E-state index contributed by atoms with van der Waals surface area (Å²) in [6.07, 6.45) is 4.62. The number of benzene rings is 1. The van der Waals surface area contributed by atoms with E-state index in [-0.39, 0.29) is 31.6 Å². The van der Waals surface area contributed by atoms with Gasteiger partial charge in [-0.1, -0.05) is 54.8 Å². The van der Waals surface area contributed by atoms with Crippen molar-refractivity contribution < 1.29 is 37.5 Å². The Kier molecular flexibility index (Phi) is 17.1. The highest BCUT2D eigenvalue weighted by atomic mass is 31.2. The molecule has 39 heavy (non-hydrogen) atoms. The van der Waals surface area contributed by atoms with Gasteiger partial charge in [-0.15, -0.1) is 0 Å². The van der Waals surface area contributed by atoms with Crippen molar-refractivity contribution >= 4 is 26.1 Å². The quantitative estimate of drug-likeness (QED) is 0.0693. The molecule has 11 heteroatoms. The molecule has 1 aromatic carbocycles. The fourth-order valence-corrected chi connectivity index (χ4v) is 5.97. The Morgan fingerprint density at radius 1 is 0.949 bits per heavy atom. The van der Waals surface area contributed by atoms with Gasteiger partial charge in [-0.3, -0.25) is 9.36 Å². The number of unbranched alkanes of at least 4 members (excludes halogenated alkanes) is 3. The van der Waals surface area contributed by atoms with E-state index in [4.69, 9.17) is 18.5 Å². The first-order valence-electron chi connectivity index (χ1n) is 13.5. The molecule has 2 N–H and O–H groups in total. The first-order valence-corrected chi connectivity index (χ1v) is 15.3. The normalized spacial score (nSPS) is 12.7. The van der Waals surface area contributed by atoms with Gasteiger partial charge in [0.15, 0.2) is 0 Å². The SMILES string of the molecule is CCOC(=O)C(C=C(CCCCCCNC(=O)OCc1ccccc1)CP(=O)(OC(C)C)OC(C)C)NC=O. The molecule has 0 spiro atoms. The summed E-state index contributed by atoms with van der Waals surface area (Å²) in [6, 6.07) is 8.46. The summed E-state index contributed by atoms with van der Waals surface area (Å²) in [6.45, 7) is 9.67. The fourth-order valence-electron chi connectivity index (χ4n) is 3.73. The van der Waals surface area contributed by atoms with Gasteiger partial charge < -0.3 is 29.2 Å². The first-order chi connectivity index (χ1) is 18.6. The van der Waals surface area contributed by atoms with Crippen molar-refractivity contribution in [3.63, 3.8) is 0 Å². The molecule has 0 saturated heterocycles. The predicted octanol–water partition coefficient (Wildman–Crippen LogP) is 5.51. The number of ether oxygens (including phenoxy) is 2. The molecule has 1 atom stereocenters. The number of esters is 1. The zero-order valence-electron chi connectivity index (χ0n) is 23.9.